The van der Waals surface area contributed by atoms with Crippen LogP contribution in [-0.2, 0) is 27.3 Å². The molecular formula is C26H26N4O4. The first-order valence-electron chi connectivity index (χ1n) is 10.8. The minimum atomic E-state index is -0.890. The van der Waals surface area contributed by atoms with Crippen LogP contribution in [0.15, 0.2) is 84.0 Å². The molecule has 34 heavy (non-hydrogen) atoms. The lowest BCUT2D eigenvalue weighted by Gasteiger charge is -2.08. The highest BCUT2D eigenvalue weighted by Crippen LogP contribution is 2.12. The molecular weight excluding hydrogens is 432 g/mol. The molecule has 3 rings (SSSR count). The number of aryl methyl sites for hydroxylation is 1. The van der Waals surface area contributed by atoms with Crippen LogP contribution in [-0.4, -0.2) is 30.5 Å². The molecule has 0 aliphatic heterocycles. The molecule has 174 valence electrons. The Hall–Kier alpha value is -4.46. The van der Waals surface area contributed by atoms with Gasteiger partial charge in [0.15, 0.2) is 6.61 Å². The number of carbonyl (C=O) groups excluding carboxylic acids is 3. The number of hydrazone groups is 1. The standard InChI is InChI=1S/C26H26N4O4/c1-2-19-11-13-22(14-12-19)29-25(32)26(33)30-28-17-21-9-6-10-23(15-21)34-18-24(31)27-16-20-7-4-3-5-8-20/h3-15,17H,2,16,18H2,1H3,(H,27,31)(H,29,32)(H,30,33)/b28-17-. The van der Waals surface area contributed by atoms with Crippen molar-refractivity contribution in [2.45, 2.75) is 19.9 Å². The van der Waals surface area contributed by atoms with E-state index in [1.807, 2.05) is 49.4 Å². The van der Waals surface area contributed by atoms with Gasteiger partial charge in [0.1, 0.15) is 5.75 Å². The van der Waals surface area contributed by atoms with Crippen molar-refractivity contribution in [2.24, 2.45) is 5.10 Å². The van der Waals surface area contributed by atoms with Gasteiger partial charge in [-0.05, 0) is 47.4 Å². The van der Waals surface area contributed by atoms with Gasteiger partial charge in [0.2, 0.25) is 0 Å². The minimum absolute atomic E-state index is 0.135. The van der Waals surface area contributed by atoms with Crippen molar-refractivity contribution >= 4 is 29.6 Å². The van der Waals surface area contributed by atoms with Crippen molar-refractivity contribution in [3.63, 3.8) is 0 Å². The van der Waals surface area contributed by atoms with Crippen LogP contribution >= 0.6 is 0 Å². The number of anilines is 1. The largest absolute Gasteiger partial charge is 0.484 e. The van der Waals surface area contributed by atoms with Crippen LogP contribution < -0.4 is 20.8 Å². The van der Waals surface area contributed by atoms with Gasteiger partial charge in [-0.15, -0.1) is 0 Å². The van der Waals surface area contributed by atoms with Gasteiger partial charge >= 0.3 is 11.8 Å². The molecule has 0 saturated heterocycles. The predicted molar refractivity (Wildman–Crippen MR) is 130 cm³/mol. The molecule has 0 saturated carbocycles. The van der Waals surface area contributed by atoms with E-state index in [1.54, 1.807) is 36.4 Å². The zero-order valence-electron chi connectivity index (χ0n) is 18.8. The Balaban J connectivity index is 1.43. The van der Waals surface area contributed by atoms with Crippen molar-refractivity contribution in [3.05, 3.63) is 95.6 Å². The summed E-state index contributed by atoms with van der Waals surface area (Å²) in [5.74, 6) is -1.48. The van der Waals surface area contributed by atoms with Crippen LogP contribution in [0.1, 0.15) is 23.6 Å². The molecule has 3 aromatic carbocycles. The summed E-state index contributed by atoms with van der Waals surface area (Å²) in [6.07, 6.45) is 2.26. The lowest BCUT2D eigenvalue weighted by molar-refractivity contribution is -0.136. The topological polar surface area (TPSA) is 109 Å². The molecule has 0 heterocycles. The van der Waals surface area contributed by atoms with Gasteiger partial charge in [-0.3, -0.25) is 14.4 Å². The number of benzene rings is 3. The van der Waals surface area contributed by atoms with Gasteiger partial charge < -0.3 is 15.4 Å². The first-order chi connectivity index (χ1) is 16.5. The quantitative estimate of drug-likeness (QED) is 0.260. The van der Waals surface area contributed by atoms with Crippen molar-refractivity contribution in [1.82, 2.24) is 10.7 Å². The second-order valence-corrected chi connectivity index (χ2v) is 7.33. The van der Waals surface area contributed by atoms with Gasteiger partial charge in [-0.2, -0.15) is 5.10 Å². The van der Waals surface area contributed by atoms with Crippen molar-refractivity contribution < 1.29 is 19.1 Å². The van der Waals surface area contributed by atoms with E-state index in [9.17, 15) is 14.4 Å². The summed E-state index contributed by atoms with van der Waals surface area (Å²) in [5.41, 5.74) is 5.47. The maximum Gasteiger partial charge on any atom is 0.329 e. The summed E-state index contributed by atoms with van der Waals surface area (Å²) in [5, 5.41) is 9.12. The molecule has 3 N–H and O–H groups in total. The Morgan fingerprint density at radius 3 is 2.38 bits per heavy atom. The molecule has 0 aromatic heterocycles. The molecule has 8 nitrogen and oxygen atoms in total. The Bertz CT molecular complexity index is 1140. The van der Waals surface area contributed by atoms with E-state index < -0.39 is 11.8 Å². The number of nitrogens with one attached hydrogen (secondary N) is 3. The molecule has 0 atom stereocenters. The summed E-state index contributed by atoms with van der Waals surface area (Å²) in [4.78, 5) is 36.0. The number of nitrogens with zero attached hydrogens (tertiary/aromatic N) is 1. The smallest absolute Gasteiger partial charge is 0.329 e. The van der Waals surface area contributed by atoms with Crippen molar-refractivity contribution in [1.29, 1.82) is 0 Å². The van der Waals surface area contributed by atoms with Crippen molar-refractivity contribution in [3.8, 4) is 5.75 Å². The van der Waals surface area contributed by atoms with Gasteiger partial charge in [-0.25, -0.2) is 5.43 Å². The van der Waals surface area contributed by atoms with Gasteiger partial charge in [0.25, 0.3) is 5.91 Å². The van der Waals surface area contributed by atoms with Crippen LogP contribution in [0.4, 0.5) is 5.69 Å². The SMILES string of the molecule is CCc1ccc(NC(=O)C(=O)N/N=C\c2cccc(OCC(=O)NCc3ccccc3)c2)cc1. The maximum absolute atomic E-state index is 12.0. The Morgan fingerprint density at radius 1 is 0.882 bits per heavy atom. The Morgan fingerprint density at radius 2 is 1.65 bits per heavy atom. The second kappa shape index (κ2) is 12.5. The number of hydrogen-bond acceptors (Lipinski definition) is 5. The highest BCUT2D eigenvalue weighted by atomic mass is 16.5. The molecule has 8 heteroatoms. The summed E-state index contributed by atoms with van der Waals surface area (Å²) in [6.45, 7) is 2.32. The third-order valence-corrected chi connectivity index (χ3v) is 4.77. The number of carbonyl (C=O) groups is 3. The van der Waals surface area contributed by atoms with E-state index in [0.717, 1.165) is 17.5 Å². The number of hydrogen-bond donors (Lipinski definition) is 3. The zero-order valence-corrected chi connectivity index (χ0v) is 18.8. The molecule has 0 fully saturated rings. The van der Waals surface area contributed by atoms with E-state index in [2.05, 4.69) is 21.2 Å². The van der Waals surface area contributed by atoms with Crippen LogP contribution in [0.5, 0.6) is 5.75 Å². The van der Waals surface area contributed by atoms with Crippen LogP contribution in [0.2, 0.25) is 0 Å². The maximum atomic E-state index is 12.0. The average Bonchev–Trinajstić information content (AvgIpc) is 2.87. The molecule has 0 spiro atoms. The highest BCUT2D eigenvalue weighted by Gasteiger charge is 2.12. The summed E-state index contributed by atoms with van der Waals surface area (Å²) in [7, 11) is 0. The lowest BCUT2D eigenvalue weighted by Crippen LogP contribution is -2.32. The monoisotopic (exact) mass is 458 g/mol. The van der Waals surface area contributed by atoms with Crippen LogP contribution in [0.25, 0.3) is 0 Å². The van der Waals surface area contributed by atoms with E-state index in [1.165, 1.54) is 6.21 Å². The minimum Gasteiger partial charge on any atom is -0.484 e. The molecule has 3 aromatic rings. The fourth-order valence-corrected chi connectivity index (χ4v) is 2.91. The summed E-state index contributed by atoms with van der Waals surface area (Å²) in [6, 6.07) is 23.7. The van der Waals surface area contributed by atoms with E-state index in [0.29, 0.717) is 23.5 Å². The fraction of sp³-hybridized carbons (Fsp3) is 0.154. The molecule has 0 aliphatic rings. The second-order valence-electron chi connectivity index (χ2n) is 7.33. The average molecular weight is 459 g/mol. The molecule has 0 unspecified atom stereocenters. The molecule has 0 bridgehead atoms. The molecule has 0 radical (unpaired) electrons. The summed E-state index contributed by atoms with van der Waals surface area (Å²) >= 11 is 0. The van der Waals surface area contributed by atoms with Gasteiger partial charge in [0, 0.05) is 12.2 Å². The molecule has 3 amide bonds. The lowest BCUT2D eigenvalue weighted by atomic mass is 10.1. The summed E-state index contributed by atoms with van der Waals surface area (Å²) < 4.78 is 5.52. The fourth-order valence-electron chi connectivity index (χ4n) is 2.91. The van der Waals surface area contributed by atoms with Crippen LogP contribution in [0, 0.1) is 0 Å². The third kappa shape index (κ3) is 7.90. The van der Waals surface area contributed by atoms with E-state index >= 15 is 0 Å². The van der Waals surface area contributed by atoms with Crippen LogP contribution in [0.3, 0.4) is 0 Å². The number of rotatable bonds is 9. The van der Waals surface area contributed by atoms with E-state index in [4.69, 9.17) is 4.74 Å². The van der Waals surface area contributed by atoms with E-state index in [-0.39, 0.29) is 12.5 Å². The first kappa shape index (κ1) is 24.2. The van der Waals surface area contributed by atoms with Gasteiger partial charge in [0.05, 0.1) is 6.21 Å². The third-order valence-electron chi connectivity index (χ3n) is 4.77. The van der Waals surface area contributed by atoms with Crippen molar-refractivity contribution in [2.75, 3.05) is 11.9 Å². The Kier molecular flexibility index (Phi) is 8.92. The highest BCUT2D eigenvalue weighted by molar-refractivity contribution is 6.39. The first-order valence-corrected chi connectivity index (χ1v) is 10.8. The number of ether oxygens (including phenoxy) is 1. The Labute approximate surface area is 198 Å². The normalized spacial score (nSPS) is 10.5. The van der Waals surface area contributed by atoms with Gasteiger partial charge in [-0.1, -0.05) is 61.5 Å². The number of amides is 3. The predicted octanol–water partition coefficient (Wildman–Crippen LogP) is 3.03. The zero-order chi connectivity index (χ0) is 24.2. The molecule has 0 aliphatic carbocycles.